The minimum Gasteiger partial charge on any atom is -0.388 e. The van der Waals surface area contributed by atoms with Gasteiger partial charge in [-0.25, -0.2) is 13.2 Å². The summed E-state index contributed by atoms with van der Waals surface area (Å²) in [5.74, 6) is -3.15. The number of halogens is 4. The fraction of sp³-hybridized carbons (Fsp3) is 0.167. The van der Waals surface area contributed by atoms with Crippen LogP contribution < -0.4 is 0 Å². The van der Waals surface area contributed by atoms with Gasteiger partial charge >= 0.3 is 0 Å². The third-order valence-electron chi connectivity index (χ3n) is 2.39. The van der Waals surface area contributed by atoms with Crippen molar-refractivity contribution in [3.8, 4) is 0 Å². The normalized spacial score (nSPS) is 12.7. The molecule has 0 aliphatic carbocycles. The monoisotopic (exact) mass is 336 g/mol. The lowest BCUT2D eigenvalue weighted by atomic mass is 10.0. The summed E-state index contributed by atoms with van der Waals surface area (Å²) in [6.45, 7) is 0. The van der Waals surface area contributed by atoms with Crippen LogP contribution in [0.4, 0.5) is 13.2 Å². The SMILES string of the molecule is OC(Cc1cc(Br)cs1)c1c(F)cc(F)cc1F. The van der Waals surface area contributed by atoms with Crippen LogP contribution in [0.2, 0.25) is 0 Å². The Bertz CT molecular complexity index is 547. The highest BCUT2D eigenvalue weighted by atomic mass is 79.9. The van der Waals surface area contributed by atoms with Crippen LogP contribution in [-0.2, 0) is 6.42 Å². The molecule has 0 saturated heterocycles. The van der Waals surface area contributed by atoms with Crippen molar-refractivity contribution in [2.75, 3.05) is 0 Å². The molecular formula is C12H8BrF3OS. The second-order valence-corrected chi connectivity index (χ2v) is 5.65. The van der Waals surface area contributed by atoms with Crippen molar-refractivity contribution in [3.05, 3.63) is 55.9 Å². The van der Waals surface area contributed by atoms with Crippen molar-refractivity contribution in [3.63, 3.8) is 0 Å². The lowest BCUT2D eigenvalue weighted by molar-refractivity contribution is 0.169. The lowest BCUT2D eigenvalue weighted by Gasteiger charge is -2.12. The number of thiophene rings is 1. The number of aliphatic hydroxyl groups is 1. The predicted octanol–water partition coefficient (Wildman–Crippen LogP) is 4.20. The van der Waals surface area contributed by atoms with Crippen LogP contribution in [0.25, 0.3) is 0 Å². The van der Waals surface area contributed by atoms with Gasteiger partial charge in [0.2, 0.25) is 0 Å². The highest BCUT2D eigenvalue weighted by molar-refractivity contribution is 9.10. The summed E-state index contributed by atoms with van der Waals surface area (Å²) in [6, 6.07) is 2.88. The van der Waals surface area contributed by atoms with Crippen molar-refractivity contribution in [2.24, 2.45) is 0 Å². The molecule has 0 aliphatic heterocycles. The maximum atomic E-state index is 13.4. The van der Waals surface area contributed by atoms with Crippen LogP contribution in [0.3, 0.4) is 0 Å². The molecule has 6 heteroatoms. The molecule has 0 spiro atoms. The Morgan fingerprint density at radius 3 is 2.28 bits per heavy atom. The average Bonchev–Trinajstić information content (AvgIpc) is 2.62. The van der Waals surface area contributed by atoms with Crippen molar-refractivity contribution < 1.29 is 18.3 Å². The zero-order valence-electron chi connectivity index (χ0n) is 8.96. The Labute approximate surface area is 114 Å². The van der Waals surface area contributed by atoms with E-state index < -0.39 is 29.1 Å². The molecule has 0 radical (unpaired) electrons. The van der Waals surface area contributed by atoms with E-state index in [9.17, 15) is 18.3 Å². The molecule has 0 amide bonds. The Morgan fingerprint density at radius 1 is 1.17 bits per heavy atom. The van der Waals surface area contributed by atoms with Gasteiger partial charge in [-0.3, -0.25) is 0 Å². The molecule has 2 rings (SSSR count). The first-order chi connectivity index (χ1) is 8.47. The van der Waals surface area contributed by atoms with Gasteiger partial charge in [0.05, 0.1) is 11.7 Å². The largest absolute Gasteiger partial charge is 0.388 e. The third-order valence-corrected chi connectivity index (χ3v) is 4.11. The molecule has 1 aromatic heterocycles. The van der Waals surface area contributed by atoms with E-state index in [-0.39, 0.29) is 6.42 Å². The van der Waals surface area contributed by atoms with Gasteiger partial charge in [-0.2, -0.15) is 0 Å². The van der Waals surface area contributed by atoms with Gasteiger partial charge in [0.1, 0.15) is 17.5 Å². The zero-order valence-corrected chi connectivity index (χ0v) is 11.4. The van der Waals surface area contributed by atoms with Gasteiger partial charge in [-0.05, 0) is 22.0 Å². The molecule has 0 saturated carbocycles. The van der Waals surface area contributed by atoms with E-state index in [1.807, 2.05) is 0 Å². The van der Waals surface area contributed by atoms with Crippen LogP contribution in [0.15, 0.2) is 28.1 Å². The first-order valence-electron chi connectivity index (χ1n) is 5.03. The number of hydrogen-bond donors (Lipinski definition) is 1. The summed E-state index contributed by atoms with van der Waals surface area (Å²) in [5, 5.41) is 11.6. The quantitative estimate of drug-likeness (QED) is 0.890. The smallest absolute Gasteiger partial charge is 0.134 e. The van der Waals surface area contributed by atoms with E-state index in [0.717, 1.165) is 9.35 Å². The maximum absolute atomic E-state index is 13.4. The molecule has 0 aliphatic rings. The van der Waals surface area contributed by atoms with E-state index in [4.69, 9.17) is 0 Å². The fourth-order valence-electron chi connectivity index (χ4n) is 1.63. The van der Waals surface area contributed by atoms with Crippen LogP contribution in [0.1, 0.15) is 16.5 Å². The molecule has 0 bridgehead atoms. The highest BCUT2D eigenvalue weighted by Crippen LogP contribution is 2.28. The van der Waals surface area contributed by atoms with Gasteiger partial charge in [0, 0.05) is 33.3 Å². The topological polar surface area (TPSA) is 20.2 Å². The first-order valence-corrected chi connectivity index (χ1v) is 6.70. The van der Waals surface area contributed by atoms with Crippen LogP contribution >= 0.6 is 27.3 Å². The van der Waals surface area contributed by atoms with E-state index in [2.05, 4.69) is 15.9 Å². The molecule has 1 heterocycles. The zero-order chi connectivity index (χ0) is 13.3. The van der Waals surface area contributed by atoms with Gasteiger partial charge in [-0.15, -0.1) is 11.3 Å². The summed E-state index contributed by atoms with van der Waals surface area (Å²) >= 11 is 4.61. The van der Waals surface area contributed by atoms with Crippen LogP contribution in [0.5, 0.6) is 0 Å². The van der Waals surface area contributed by atoms with E-state index >= 15 is 0 Å². The Morgan fingerprint density at radius 2 is 1.78 bits per heavy atom. The van der Waals surface area contributed by atoms with Gasteiger partial charge < -0.3 is 5.11 Å². The van der Waals surface area contributed by atoms with E-state index in [1.165, 1.54) is 11.3 Å². The van der Waals surface area contributed by atoms with Crippen molar-refractivity contribution in [1.29, 1.82) is 0 Å². The van der Waals surface area contributed by atoms with Crippen molar-refractivity contribution >= 4 is 27.3 Å². The second kappa shape index (κ2) is 5.42. The number of benzene rings is 1. The predicted molar refractivity (Wildman–Crippen MR) is 67.0 cm³/mol. The Balaban J connectivity index is 2.26. The van der Waals surface area contributed by atoms with Crippen molar-refractivity contribution in [2.45, 2.75) is 12.5 Å². The number of rotatable bonds is 3. The van der Waals surface area contributed by atoms with Crippen LogP contribution in [-0.4, -0.2) is 5.11 Å². The molecule has 2 aromatic rings. The lowest BCUT2D eigenvalue weighted by Crippen LogP contribution is -2.07. The minimum absolute atomic E-state index is 0.0791. The maximum Gasteiger partial charge on any atom is 0.134 e. The van der Waals surface area contributed by atoms with Gasteiger partial charge in [0.25, 0.3) is 0 Å². The molecule has 0 fully saturated rings. The molecule has 1 unspecified atom stereocenters. The third kappa shape index (κ3) is 2.93. The molecule has 1 nitrogen and oxygen atoms in total. The highest BCUT2D eigenvalue weighted by Gasteiger charge is 2.20. The van der Waals surface area contributed by atoms with Crippen molar-refractivity contribution in [1.82, 2.24) is 0 Å². The Kier molecular flexibility index (Phi) is 4.09. The molecular weight excluding hydrogens is 329 g/mol. The molecule has 18 heavy (non-hydrogen) atoms. The van der Waals surface area contributed by atoms with Gasteiger partial charge in [-0.1, -0.05) is 0 Å². The van der Waals surface area contributed by atoms with E-state index in [1.54, 1.807) is 11.4 Å². The summed E-state index contributed by atoms with van der Waals surface area (Å²) in [7, 11) is 0. The number of hydrogen-bond acceptors (Lipinski definition) is 2. The van der Waals surface area contributed by atoms with E-state index in [0.29, 0.717) is 12.1 Å². The molecule has 96 valence electrons. The minimum atomic E-state index is -1.34. The average molecular weight is 337 g/mol. The second-order valence-electron chi connectivity index (χ2n) is 3.73. The standard InChI is InChI=1S/C12H8BrF3OS/c13-6-1-8(18-5-6)4-11(17)12-9(15)2-7(14)3-10(12)16/h1-3,5,11,17H,4H2. The Hall–Kier alpha value is -0.850. The summed E-state index contributed by atoms with van der Waals surface area (Å²) in [4.78, 5) is 0.775. The fourth-order valence-corrected chi connectivity index (χ4v) is 3.11. The van der Waals surface area contributed by atoms with Crippen LogP contribution in [0, 0.1) is 17.5 Å². The number of aliphatic hydroxyl groups excluding tert-OH is 1. The molecule has 1 atom stereocenters. The summed E-state index contributed by atoms with van der Waals surface area (Å²) in [5.41, 5.74) is -0.499. The molecule has 1 aromatic carbocycles. The summed E-state index contributed by atoms with van der Waals surface area (Å²) in [6.07, 6.45) is -1.26. The first kappa shape index (κ1) is 13.6. The summed E-state index contributed by atoms with van der Waals surface area (Å²) < 4.78 is 40.4. The molecule has 1 N–H and O–H groups in total. The van der Waals surface area contributed by atoms with Gasteiger partial charge in [0.15, 0.2) is 0 Å².